The number of amides is 1. The van der Waals surface area contributed by atoms with Crippen molar-refractivity contribution in [3.05, 3.63) is 30.4 Å². The molecule has 24 heavy (non-hydrogen) atoms. The molecule has 0 spiro atoms. The van der Waals surface area contributed by atoms with Crippen LogP contribution in [0, 0.1) is 11.8 Å². The zero-order chi connectivity index (χ0) is 16.4. The molecule has 1 amide bonds. The van der Waals surface area contributed by atoms with Gasteiger partial charge in [0.15, 0.2) is 5.82 Å². The van der Waals surface area contributed by atoms with Crippen molar-refractivity contribution in [1.82, 2.24) is 20.0 Å². The molecule has 1 saturated carbocycles. The third-order valence-corrected chi connectivity index (χ3v) is 4.95. The number of aromatic nitrogens is 3. The van der Waals surface area contributed by atoms with Crippen molar-refractivity contribution in [3.63, 3.8) is 0 Å². The number of aryl methyl sites for hydroxylation is 1. The van der Waals surface area contributed by atoms with Crippen LogP contribution in [0.3, 0.4) is 0 Å². The third kappa shape index (κ3) is 3.63. The molecule has 3 heterocycles. The van der Waals surface area contributed by atoms with Crippen LogP contribution in [-0.2, 0) is 11.2 Å². The lowest BCUT2D eigenvalue weighted by molar-refractivity contribution is -0.130. The van der Waals surface area contributed by atoms with E-state index in [4.69, 9.17) is 4.52 Å². The van der Waals surface area contributed by atoms with Crippen LogP contribution in [0.15, 0.2) is 29.0 Å². The summed E-state index contributed by atoms with van der Waals surface area (Å²) in [6.45, 7) is 1.79. The van der Waals surface area contributed by atoms with Crippen LogP contribution in [0.4, 0.5) is 0 Å². The highest BCUT2D eigenvalue weighted by molar-refractivity contribution is 5.77. The molecule has 2 aromatic rings. The van der Waals surface area contributed by atoms with Gasteiger partial charge >= 0.3 is 0 Å². The lowest BCUT2D eigenvalue weighted by Gasteiger charge is -2.16. The van der Waals surface area contributed by atoms with E-state index in [0.29, 0.717) is 23.6 Å². The molecule has 6 heteroatoms. The molecule has 2 aliphatic rings. The van der Waals surface area contributed by atoms with E-state index in [1.165, 1.54) is 12.8 Å². The Kier molecular flexibility index (Phi) is 4.28. The predicted octanol–water partition coefficient (Wildman–Crippen LogP) is 2.71. The highest BCUT2D eigenvalue weighted by atomic mass is 16.5. The smallest absolute Gasteiger partial charge is 0.259 e. The number of pyridine rings is 1. The molecule has 1 saturated heterocycles. The van der Waals surface area contributed by atoms with Gasteiger partial charge in [-0.3, -0.25) is 9.78 Å². The van der Waals surface area contributed by atoms with Crippen molar-refractivity contribution in [1.29, 1.82) is 0 Å². The number of hydrogen-bond donors (Lipinski definition) is 0. The molecule has 4 rings (SSSR count). The average Bonchev–Trinajstić information content (AvgIpc) is 3.13. The zero-order valence-electron chi connectivity index (χ0n) is 13.7. The maximum absolute atomic E-state index is 12.2. The van der Waals surface area contributed by atoms with E-state index in [0.717, 1.165) is 50.2 Å². The molecule has 0 aromatic carbocycles. The van der Waals surface area contributed by atoms with E-state index in [2.05, 4.69) is 15.1 Å². The summed E-state index contributed by atoms with van der Waals surface area (Å²) < 4.78 is 5.31. The van der Waals surface area contributed by atoms with Crippen LogP contribution in [0.25, 0.3) is 11.5 Å². The first-order valence-corrected chi connectivity index (χ1v) is 8.78. The Morgan fingerprint density at radius 1 is 1.29 bits per heavy atom. The molecule has 1 unspecified atom stereocenters. The van der Waals surface area contributed by atoms with Crippen LogP contribution in [0.1, 0.15) is 37.9 Å². The highest BCUT2D eigenvalue weighted by Gasteiger charge is 2.31. The van der Waals surface area contributed by atoms with Crippen LogP contribution >= 0.6 is 0 Å². The predicted molar refractivity (Wildman–Crippen MR) is 87.9 cm³/mol. The second kappa shape index (κ2) is 6.71. The standard InChI is InChI=1S/C18H22N4O2/c23-17(10-13-3-4-13)22-9-7-14(12-22)5-6-16-20-18(24-21-16)15-2-1-8-19-11-15/h1-2,8,11,13-14H,3-7,9-10,12H2. The number of carbonyl (C=O) groups is 1. The summed E-state index contributed by atoms with van der Waals surface area (Å²) in [4.78, 5) is 22.7. The Hall–Kier alpha value is -2.24. The number of rotatable bonds is 6. The van der Waals surface area contributed by atoms with Crippen molar-refractivity contribution >= 4 is 5.91 Å². The van der Waals surface area contributed by atoms with Crippen LogP contribution < -0.4 is 0 Å². The summed E-state index contributed by atoms with van der Waals surface area (Å²) in [7, 11) is 0. The van der Waals surface area contributed by atoms with Gasteiger partial charge in [-0.1, -0.05) is 5.16 Å². The molecule has 0 radical (unpaired) electrons. The van der Waals surface area contributed by atoms with Gasteiger partial charge in [0.1, 0.15) is 0 Å². The molecule has 2 aromatic heterocycles. The number of nitrogens with zero attached hydrogens (tertiary/aromatic N) is 4. The minimum Gasteiger partial charge on any atom is -0.342 e. The molecule has 0 N–H and O–H groups in total. The van der Waals surface area contributed by atoms with Crippen molar-refractivity contribution in [2.45, 2.75) is 38.5 Å². The fourth-order valence-corrected chi connectivity index (χ4v) is 3.29. The maximum Gasteiger partial charge on any atom is 0.259 e. The molecule has 126 valence electrons. The maximum atomic E-state index is 12.2. The third-order valence-electron chi connectivity index (χ3n) is 4.95. The van der Waals surface area contributed by atoms with Gasteiger partial charge in [-0.2, -0.15) is 4.98 Å². The molecular weight excluding hydrogens is 304 g/mol. The monoisotopic (exact) mass is 326 g/mol. The molecule has 0 bridgehead atoms. The van der Waals surface area contributed by atoms with E-state index in [9.17, 15) is 4.79 Å². The van der Waals surface area contributed by atoms with E-state index >= 15 is 0 Å². The summed E-state index contributed by atoms with van der Waals surface area (Å²) in [5.74, 6) is 2.82. The van der Waals surface area contributed by atoms with Crippen molar-refractivity contribution in [2.24, 2.45) is 11.8 Å². The largest absolute Gasteiger partial charge is 0.342 e. The second-order valence-electron chi connectivity index (χ2n) is 6.94. The average molecular weight is 326 g/mol. The van der Waals surface area contributed by atoms with Crippen molar-refractivity contribution < 1.29 is 9.32 Å². The second-order valence-corrected chi connectivity index (χ2v) is 6.94. The van der Waals surface area contributed by atoms with Gasteiger partial charge in [0.2, 0.25) is 5.91 Å². The lowest BCUT2D eigenvalue weighted by atomic mass is 10.0. The first-order valence-electron chi connectivity index (χ1n) is 8.78. The first-order chi connectivity index (χ1) is 11.8. The van der Waals surface area contributed by atoms with E-state index < -0.39 is 0 Å². The summed E-state index contributed by atoms with van der Waals surface area (Å²) >= 11 is 0. The fraction of sp³-hybridized carbons (Fsp3) is 0.556. The minimum atomic E-state index is 0.346. The van der Waals surface area contributed by atoms with Crippen LogP contribution in [0.2, 0.25) is 0 Å². The van der Waals surface area contributed by atoms with E-state index in [-0.39, 0.29) is 0 Å². The fourth-order valence-electron chi connectivity index (χ4n) is 3.29. The Labute approximate surface area is 141 Å². The van der Waals surface area contributed by atoms with Gasteiger partial charge in [0.25, 0.3) is 5.89 Å². The summed E-state index contributed by atoms with van der Waals surface area (Å²) in [5.41, 5.74) is 0.842. The molecular formula is C18H22N4O2. The normalized spacial score (nSPS) is 20.5. The van der Waals surface area contributed by atoms with Crippen LogP contribution in [0.5, 0.6) is 0 Å². The van der Waals surface area contributed by atoms with E-state index in [1.807, 2.05) is 17.0 Å². The highest BCUT2D eigenvalue weighted by Crippen LogP contribution is 2.33. The Morgan fingerprint density at radius 2 is 2.21 bits per heavy atom. The summed E-state index contributed by atoms with van der Waals surface area (Å²) in [6, 6.07) is 3.76. The van der Waals surface area contributed by atoms with Gasteiger partial charge in [0.05, 0.1) is 5.56 Å². The minimum absolute atomic E-state index is 0.346. The van der Waals surface area contributed by atoms with Gasteiger partial charge in [-0.05, 0) is 49.7 Å². The Bertz CT molecular complexity index is 696. The van der Waals surface area contributed by atoms with E-state index in [1.54, 1.807) is 12.4 Å². The van der Waals surface area contributed by atoms with Gasteiger partial charge in [-0.25, -0.2) is 0 Å². The molecule has 1 atom stereocenters. The topological polar surface area (TPSA) is 72.1 Å². The quantitative estimate of drug-likeness (QED) is 0.816. The number of likely N-dealkylation sites (tertiary alicyclic amines) is 1. The first kappa shape index (κ1) is 15.3. The SMILES string of the molecule is O=C(CC1CC1)N1CCC(CCc2noc(-c3cccnc3)n2)C1. The Morgan fingerprint density at radius 3 is 3.00 bits per heavy atom. The van der Waals surface area contributed by atoms with Crippen LogP contribution in [-0.4, -0.2) is 39.0 Å². The molecule has 2 fully saturated rings. The van der Waals surface area contributed by atoms with Gasteiger partial charge in [0, 0.05) is 38.3 Å². The zero-order valence-corrected chi connectivity index (χ0v) is 13.7. The lowest BCUT2D eigenvalue weighted by Crippen LogP contribution is -2.28. The Balaban J connectivity index is 1.27. The van der Waals surface area contributed by atoms with Crippen molar-refractivity contribution in [3.8, 4) is 11.5 Å². The van der Waals surface area contributed by atoms with Crippen molar-refractivity contribution in [2.75, 3.05) is 13.1 Å². The molecule has 1 aliphatic heterocycles. The number of hydrogen-bond acceptors (Lipinski definition) is 5. The van der Waals surface area contributed by atoms with Gasteiger partial charge in [-0.15, -0.1) is 0 Å². The summed E-state index contributed by atoms with van der Waals surface area (Å²) in [5, 5.41) is 4.06. The molecule has 6 nitrogen and oxygen atoms in total. The summed E-state index contributed by atoms with van der Waals surface area (Å²) in [6.07, 6.45) is 9.54. The molecule has 1 aliphatic carbocycles. The number of carbonyl (C=O) groups excluding carboxylic acids is 1. The van der Waals surface area contributed by atoms with Gasteiger partial charge < -0.3 is 9.42 Å².